The molecule has 2 fully saturated rings. The molecule has 4 rings (SSSR count). The smallest absolute Gasteiger partial charge is 0.253 e. The van der Waals surface area contributed by atoms with E-state index in [0.29, 0.717) is 38.5 Å². The number of ether oxygens (including phenoxy) is 2. The van der Waals surface area contributed by atoms with Gasteiger partial charge in [0.05, 0.1) is 50.6 Å². The molecule has 2 saturated heterocycles. The van der Waals surface area contributed by atoms with E-state index < -0.39 is 5.60 Å². The van der Waals surface area contributed by atoms with Crippen molar-refractivity contribution in [2.24, 2.45) is 0 Å². The summed E-state index contributed by atoms with van der Waals surface area (Å²) in [4.78, 5) is 24.3. The highest BCUT2D eigenvalue weighted by atomic mass is 16.6. The van der Waals surface area contributed by atoms with E-state index in [1.165, 1.54) is 6.33 Å². The molecule has 4 heterocycles. The average Bonchev–Trinajstić information content (AvgIpc) is 3.07. The second-order valence-electron chi connectivity index (χ2n) is 6.39. The van der Waals surface area contributed by atoms with Crippen LogP contribution in [0.2, 0.25) is 0 Å². The highest BCUT2D eigenvalue weighted by Crippen LogP contribution is 2.27. The van der Waals surface area contributed by atoms with Crippen LogP contribution < -0.4 is 4.90 Å². The Kier molecular flexibility index (Phi) is 4.48. The zero-order valence-electron chi connectivity index (χ0n) is 13.8. The molecule has 8 heteroatoms. The van der Waals surface area contributed by atoms with Gasteiger partial charge < -0.3 is 18.8 Å². The number of rotatable bonds is 3. The number of furan rings is 1. The number of nitrogens with zero attached hydrogens (tertiary/aromatic N) is 4. The van der Waals surface area contributed by atoms with Gasteiger partial charge in [-0.2, -0.15) is 0 Å². The number of aromatic nitrogens is 2. The maximum atomic E-state index is 12.3. The lowest BCUT2D eigenvalue weighted by atomic mass is 10.0. The van der Waals surface area contributed by atoms with Gasteiger partial charge in [0.15, 0.2) is 0 Å². The Balaban J connectivity index is 1.53. The Bertz CT molecular complexity index is 709. The van der Waals surface area contributed by atoms with E-state index in [0.717, 1.165) is 12.3 Å². The molecule has 0 N–H and O–H groups in total. The van der Waals surface area contributed by atoms with Crippen LogP contribution in [0.3, 0.4) is 0 Å². The van der Waals surface area contributed by atoms with Gasteiger partial charge in [-0.25, -0.2) is 9.97 Å². The summed E-state index contributed by atoms with van der Waals surface area (Å²) in [6.07, 6.45) is 6.40. The van der Waals surface area contributed by atoms with Crippen LogP contribution in [0.1, 0.15) is 5.76 Å². The number of anilines is 1. The monoisotopic (exact) mass is 344 g/mol. The first-order valence-electron chi connectivity index (χ1n) is 8.26. The van der Waals surface area contributed by atoms with Crippen molar-refractivity contribution in [3.63, 3.8) is 0 Å². The van der Waals surface area contributed by atoms with Crippen molar-refractivity contribution in [1.82, 2.24) is 14.9 Å². The molecule has 0 radical (unpaired) electrons. The molecule has 2 aromatic rings. The Morgan fingerprint density at radius 1 is 1.24 bits per heavy atom. The van der Waals surface area contributed by atoms with Gasteiger partial charge in [-0.05, 0) is 12.1 Å². The quantitative estimate of drug-likeness (QED) is 0.811. The van der Waals surface area contributed by atoms with Crippen LogP contribution in [0.25, 0.3) is 0 Å². The normalized spacial score (nSPS) is 25.3. The lowest BCUT2D eigenvalue weighted by Crippen LogP contribution is -2.60. The van der Waals surface area contributed by atoms with Gasteiger partial charge in [0.1, 0.15) is 24.3 Å². The van der Waals surface area contributed by atoms with Crippen LogP contribution in [0.15, 0.2) is 41.5 Å². The van der Waals surface area contributed by atoms with Gasteiger partial charge in [0.25, 0.3) is 5.91 Å². The molecule has 1 amide bonds. The van der Waals surface area contributed by atoms with E-state index >= 15 is 0 Å². The molecule has 2 aliphatic heterocycles. The third-order valence-corrected chi connectivity index (χ3v) is 4.50. The lowest BCUT2D eigenvalue weighted by Gasteiger charge is -2.42. The molecule has 25 heavy (non-hydrogen) atoms. The second-order valence-corrected chi connectivity index (χ2v) is 6.39. The van der Waals surface area contributed by atoms with Gasteiger partial charge in [-0.3, -0.25) is 9.69 Å². The fourth-order valence-corrected chi connectivity index (χ4v) is 3.31. The molecular weight excluding hydrogens is 324 g/mol. The number of hydrogen-bond donors (Lipinski definition) is 0. The number of carbonyl (C=O) groups excluding carboxylic acids is 1. The van der Waals surface area contributed by atoms with Crippen molar-refractivity contribution >= 4 is 11.6 Å². The summed E-state index contributed by atoms with van der Waals surface area (Å²) < 4.78 is 17.2. The molecule has 2 aromatic heterocycles. The van der Waals surface area contributed by atoms with E-state index in [1.54, 1.807) is 23.6 Å². The number of morpholine rings is 1. The topological polar surface area (TPSA) is 80.9 Å². The molecular formula is C17H20N4O4. The van der Waals surface area contributed by atoms with E-state index in [9.17, 15) is 4.79 Å². The van der Waals surface area contributed by atoms with Crippen LogP contribution >= 0.6 is 0 Å². The van der Waals surface area contributed by atoms with Crippen molar-refractivity contribution in [1.29, 1.82) is 0 Å². The predicted octanol–water partition coefficient (Wildman–Crippen LogP) is 0.704. The average molecular weight is 344 g/mol. The van der Waals surface area contributed by atoms with Crippen molar-refractivity contribution in [3.8, 4) is 0 Å². The van der Waals surface area contributed by atoms with Crippen LogP contribution in [-0.2, 0) is 20.8 Å². The van der Waals surface area contributed by atoms with Crippen LogP contribution in [0.5, 0.6) is 0 Å². The molecule has 8 nitrogen and oxygen atoms in total. The fourth-order valence-electron chi connectivity index (χ4n) is 3.31. The molecule has 1 atom stereocenters. The molecule has 1 spiro atoms. The largest absolute Gasteiger partial charge is 0.468 e. The first-order valence-corrected chi connectivity index (χ1v) is 8.26. The number of carbonyl (C=O) groups is 1. The summed E-state index contributed by atoms with van der Waals surface area (Å²) in [6.45, 7) is 3.62. The van der Waals surface area contributed by atoms with Crippen molar-refractivity contribution in [3.05, 3.63) is 42.9 Å². The fraction of sp³-hybridized carbons (Fsp3) is 0.471. The summed E-state index contributed by atoms with van der Waals surface area (Å²) >= 11 is 0. The number of amides is 1. The highest BCUT2D eigenvalue weighted by molar-refractivity contribution is 5.94. The zero-order chi connectivity index (χ0) is 17.1. The van der Waals surface area contributed by atoms with Gasteiger partial charge in [0, 0.05) is 13.1 Å². The molecule has 0 aromatic carbocycles. The third kappa shape index (κ3) is 3.55. The van der Waals surface area contributed by atoms with Crippen LogP contribution in [0, 0.1) is 0 Å². The first-order chi connectivity index (χ1) is 12.2. The summed E-state index contributed by atoms with van der Waals surface area (Å²) in [6, 6.07) is 3.84. The standard InChI is InChI=1S/C17H20N4O4/c22-16-9-25-17(11-21(16)14-6-18-13-19-7-14)10-20(3-5-23-12-17)8-15-2-1-4-24-15/h1-2,4,6-7,13H,3,5,8-12H2/t17-/m1/s1. The molecule has 0 bridgehead atoms. The lowest BCUT2D eigenvalue weighted by molar-refractivity contribution is -0.146. The Morgan fingerprint density at radius 2 is 2.12 bits per heavy atom. The van der Waals surface area contributed by atoms with Crippen molar-refractivity contribution < 1.29 is 18.7 Å². The minimum Gasteiger partial charge on any atom is -0.468 e. The SMILES string of the molecule is O=C1CO[C@@]2(COCCN(Cc3ccco3)C2)CN1c1cncnc1. The third-order valence-electron chi connectivity index (χ3n) is 4.50. The molecule has 0 unspecified atom stereocenters. The molecule has 0 aliphatic carbocycles. The maximum Gasteiger partial charge on any atom is 0.253 e. The van der Waals surface area contributed by atoms with Gasteiger partial charge in [0.2, 0.25) is 0 Å². The van der Waals surface area contributed by atoms with Crippen molar-refractivity contribution in [2.75, 3.05) is 44.4 Å². The van der Waals surface area contributed by atoms with Gasteiger partial charge in [-0.15, -0.1) is 0 Å². The summed E-state index contributed by atoms with van der Waals surface area (Å²) in [7, 11) is 0. The maximum absolute atomic E-state index is 12.3. The molecule has 0 saturated carbocycles. The van der Waals surface area contributed by atoms with Crippen LogP contribution in [-0.4, -0.2) is 65.8 Å². The summed E-state index contributed by atoms with van der Waals surface area (Å²) in [5.74, 6) is 0.805. The molecule has 2 aliphatic rings. The predicted molar refractivity (Wildman–Crippen MR) is 87.9 cm³/mol. The Labute approximate surface area is 145 Å². The minimum atomic E-state index is -0.577. The summed E-state index contributed by atoms with van der Waals surface area (Å²) in [5.41, 5.74) is 0.101. The van der Waals surface area contributed by atoms with Crippen molar-refractivity contribution in [2.45, 2.75) is 12.1 Å². The Hall–Kier alpha value is -2.29. The molecule has 132 valence electrons. The minimum absolute atomic E-state index is 0.0207. The van der Waals surface area contributed by atoms with E-state index in [-0.39, 0.29) is 12.5 Å². The Morgan fingerprint density at radius 3 is 2.92 bits per heavy atom. The van der Waals surface area contributed by atoms with E-state index in [4.69, 9.17) is 13.9 Å². The highest BCUT2D eigenvalue weighted by Gasteiger charge is 2.43. The van der Waals surface area contributed by atoms with E-state index in [2.05, 4.69) is 14.9 Å². The zero-order valence-corrected chi connectivity index (χ0v) is 13.8. The van der Waals surface area contributed by atoms with E-state index in [1.807, 2.05) is 12.1 Å². The van der Waals surface area contributed by atoms with Gasteiger partial charge >= 0.3 is 0 Å². The van der Waals surface area contributed by atoms with Crippen LogP contribution in [0.4, 0.5) is 5.69 Å². The second kappa shape index (κ2) is 6.91. The number of hydrogen-bond acceptors (Lipinski definition) is 7. The summed E-state index contributed by atoms with van der Waals surface area (Å²) in [5, 5.41) is 0. The first kappa shape index (κ1) is 16.2. The van der Waals surface area contributed by atoms with Gasteiger partial charge in [-0.1, -0.05) is 0 Å².